The summed E-state index contributed by atoms with van der Waals surface area (Å²) in [5, 5.41) is 19.1. The van der Waals surface area contributed by atoms with Gasteiger partial charge >= 0.3 is 5.97 Å². The van der Waals surface area contributed by atoms with E-state index in [4.69, 9.17) is 16.3 Å². The molecule has 1 heterocycles. The molecule has 0 radical (unpaired) electrons. The molecule has 29 heavy (non-hydrogen) atoms. The Morgan fingerprint density at radius 2 is 2.00 bits per heavy atom. The maximum Gasteiger partial charge on any atom is 0.335 e. The van der Waals surface area contributed by atoms with Crippen LogP contribution in [-0.2, 0) is 0 Å². The number of carbonyl (C=O) groups is 1. The zero-order chi connectivity index (χ0) is 21.1. The molecule has 3 aromatic rings. The van der Waals surface area contributed by atoms with E-state index < -0.39 is 11.5 Å². The maximum absolute atomic E-state index is 12.0. The smallest absolute Gasteiger partial charge is 0.335 e. The van der Waals surface area contributed by atoms with Gasteiger partial charge in [-0.25, -0.2) is 15.6 Å². The molecule has 0 atom stereocenters. The highest BCUT2D eigenvalue weighted by Gasteiger charge is 2.15. The van der Waals surface area contributed by atoms with Crippen LogP contribution in [0.1, 0.15) is 17.3 Å². The summed E-state index contributed by atoms with van der Waals surface area (Å²) in [6, 6.07) is 9.03. The van der Waals surface area contributed by atoms with Crippen molar-refractivity contribution >= 4 is 17.5 Å². The van der Waals surface area contributed by atoms with Gasteiger partial charge in [0.2, 0.25) is 0 Å². The molecule has 10 heteroatoms. The highest BCUT2D eigenvalue weighted by molar-refractivity contribution is 5.90. The van der Waals surface area contributed by atoms with E-state index in [1.54, 1.807) is 25.1 Å². The van der Waals surface area contributed by atoms with E-state index in [9.17, 15) is 19.8 Å². The number of aromatic nitrogens is 2. The van der Waals surface area contributed by atoms with Crippen molar-refractivity contribution in [3.8, 4) is 34.0 Å². The lowest BCUT2D eigenvalue weighted by Gasteiger charge is -2.14. The molecular weight excluding hydrogens is 378 g/mol. The lowest BCUT2D eigenvalue weighted by Crippen LogP contribution is -2.20. The Labute approximate surface area is 164 Å². The number of hydrogen-bond acceptors (Lipinski definition) is 8. The minimum absolute atomic E-state index is 0.0226. The molecule has 0 spiro atoms. The molecule has 0 saturated heterocycles. The fraction of sp³-hybridized carbons (Fsp3) is 0.105. The van der Waals surface area contributed by atoms with Crippen LogP contribution in [0.15, 0.2) is 41.2 Å². The second-order valence-electron chi connectivity index (χ2n) is 6.04. The number of aromatic hydroxyl groups is 1. The van der Waals surface area contributed by atoms with Gasteiger partial charge in [0.25, 0.3) is 5.56 Å². The summed E-state index contributed by atoms with van der Waals surface area (Å²) < 4.78 is 5.68. The van der Waals surface area contributed by atoms with Crippen LogP contribution < -0.4 is 27.3 Å². The van der Waals surface area contributed by atoms with E-state index in [1.807, 2.05) is 0 Å². The molecule has 2 aromatic carbocycles. The third kappa shape index (κ3) is 3.96. The molecule has 8 N–H and O–H groups in total. The number of anilines is 2. The molecule has 10 nitrogen and oxygen atoms in total. The highest BCUT2D eigenvalue weighted by Crippen LogP contribution is 2.34. The number of carboxylic acid groups (broad SMARTS) is 1. The number of aromatic amines is 1. The third-order valence-electron chi connectivity index (χ3n) is 4.13. The van der Waals surface area contributed by atoms with Crippen LogP contribution >= 0.6 is 0 Å². The lowest BCUT2D eigenvalue weighted by atomic mass is 10.00. The van der Waals surface area contributed by atoms with E-state index in [2.05, 4.69) is 15.4 Å². The van der Waals surface area contributed by atoms with Crippen molar-refractivity contribution in [2.24, 2.45) is 5.84 Å². The second-order valence-corrected chi connectivity index (χ2v) is 6.04. The summed E-state index contributed by atoms with van der Waals surface area (Å²) in [6.07, 6.45) is 0. The summed E-state index contributed by atoms with van der Waals surface area (Å²) in [7, 11) is 0. The first-order valence-corrected chi connectivity index (χ1v) is 8.55. The van der Waals surface area contributed by atoms with Gasteiger partial charge in [-0.15, -0.1) is 0 Å². The number of H-pyrrole nitrogens is 1. The van der Waals surface area contributed by atoms with Gasteiger partial charge in [-0.3, -0.25) is 4.79 Å². The van der Waals surface area contributed by atoms with Gasteiger partial charge in [0.15, 0.2) is 5.82 Å². The molecule has 0 amide bonds. The van der Waals surface area contributed by atoms with Crippen LogP contribution in [0.2, 0.25) is 0 Å². The van der Waals surface area contributed by atoms with Gasteiger partial charge in [-0.1, -0.05) is 6.07 Å². The number of benzene rings is 2. The topological polar surface area (TPSA) is 177 Å². The molecule has 150 valence electrons. The number of aromatic carboxylic acids is 1. The zero-order valence-corrected chi connectivity index (χ0v) is 15.4. The molecule has 0 saturated carbocycles. The van der Waals surface area contributed by atoms with Crippen molar-refractivity contribution in [2.45, 2.75) is 6.92 Å². The van der Waals surface area contributed by atoms with Crippen LogP contribution in [-0.4, -0.2) is 32.8 Å². The highest BCUT2D eigenvalue weighted by atomic mass is 16.5. The Kier molecular flexibility index (Phi) is 5.37. The van der Waals surface area contributed by atoms with Crippen molar-refractivity contribution < 1.29 is 19.7 Å². The molecule has 0 bridgehead atoms. The van der Waals surface area contributed by atoms with Crippen LogP contribution in [0.4, 0.5) is 11.5 Å². The number of carboxylic acids is 1. The number of hydrogen-bond donors (Lipinski definition) is 6. The predicted octanol–water partition coefficient (Wildman–Crippen LogP) is 1.77. The van der Waals surface area contributed by atoms with E-state index in [0.717, 1.165) is 6.07 Å². The third-order valence-corrected chi connectivity index (χ3v) is 4.13. The number of hydrazine groups is 1. The van der Waals surface area contributed by atoms with Gasteiger partial charge in [0.05, 0.1) is 17.7 Å². The minimum atomic E-state index is -1.16. The van der Waals surface area contributed by atoms with Gasteiger partial charge in [0.1, 0.15) is 23.0 Å². The van der Waals surface area contributed by atoms with Crippen molar-refractivity contribution in [3.63, 3.8) is 0 Å². The quantitative estimate of drug-likeness (QED) is 0.267. The van der Waals surface area contributed by atoms with Gasteiger partial charge in [0, 0.05) is 0 Å². The van der Waals surface area contributed by atoms with E-state index >= 15 is 0 Å². The van der Waals surface area contributed by atoms with E-state index in [-0.39, 0.29) is 28.6 Å². The molecule has 0 aliphatic heterocycles. The van der Waals surface area contributed by atoms with E-state index in [1.165, 1.54) is 12.1 Å². The summed E-state index contributed by atoms with van der Waals surface area (Å²) in [4.78, 5) is 30.1. The summed E-state index contributed by atoms with van der Waals surface area (Å²) in [6.45, 7) is 2.12. The monoisotopic (exact) mass is 397 g/mol. The lowest BCUT2D eigenvalue weighted by molar-refractivity contribution is 0.0696. The number of ether oxygens (including phenoxy) is 1. The van der Waals surface area contributed by atoms with Crippen LogP contribution in [0.25, 0.3) is 22.5 Å². The van der Waals surface area contributed by atoms with Crippen molar-refractivity contribution in [2.75, 3.05) is 17.8 Å². The molecule has 0 aliphatic rings. The molecule has 3 rings (SSSR count). The second kappa shape index (κ2) is 7.90. The number of nitrogen functional groups attached to an aromatic ring is 2. The van der Waals surface area contributed by atoms with Crippen LogP contribution in [0.3, 0.4) is 0 Å². The Balaban J connectivity index is 2.15. The molecule has 1 aromatic heterocycles. The molecule has 0 aliphatic carbocycles. The Morgan fingerprint density at radius 3 is 2.66 bits per heavy atom. The number of phenols is 1. The number of phenolic OH excluding ortho intramolecular Hbond substituents is 1. The van der Waals surface area contributed by atoms with Gasteiger partial charge in [-0.05, 0) is 48.4 Å². The van der Waals surface area contributed by atoms with Gasteiger partial charge in [-0.2, -0.15) is 0 Å². The fourth-order valence-electron chi connectivity index (χ4n) is 2.79. The average Bonchev–Trinajstić information content (AvgIpc) is 2.69. The van der Waals surface area contributed by atoms with Gasteiger partial charge < -0.3 is 31.1 Å². The first kappa shape index (κ1) is 19.7. The van der Waals surface area contributed by atoms with Crippen molar-refractivity contribution in [1.29, 1.82) is 0 Å². The fourth-order valence-corrected chi connectivity index (χ4v) is 2.79. The maximum atomic E-state index is 12.0. The first-order chi connectivity index (χ1) is 13.8. The predicted molar refractivity (Wildman–Crippen MR) is 108 cm³/mol. The largest absolute Gasteiger partial charge is 0.508 e. The minimum Gasteiger partial charge on any atom is -0.508 e. The normalized spacial score (nSPS) is 10.6. The van der Waals surface area contributed by atoms with Crippen LogP contribution in [0.5, 0.6) is 11.5 Å². The Morgan fingerprint density at radius 1 is 1.24 bits per heavy atom. The number of nitrogens with two attached hydrogens (primary N) is 2. The number of nitrogens with zero attached hydrogens (tertiary/aromatic N) is 1. The standard InChI is InChI=1S/C19H19N5O5/c1-2-29-14-8-9(10-5-11(19(27)28)7-12(25)6-10)3-4-13(14)16-22-17(24-21)15(20)18(26)23-16/h3-8,25H,2,20-21H2,1H3,(H,27,28)(H2,22,23,24,26). The number of nitrogens with one attached hydrogen (secondary N) is 2. The zero-order valence-electron chi connectivity index (χ0n) is 15.4. The van der Waals surface area contributed by atoms with Crippen LogP contribution in [0, 0.1) is 0 Å². The molecule has 0 fully saturated rings. The SMILES string of the molecule is CCOc1cc(-c2cc(O)cc(C(=O)O)c2)ccc1-c1nc(NN)c(N)c(=O)[nH]1. The number of rotatable bonds is 6. The first-order valence-electron chi connectivity index (χ1n) is 8.55. The van der Waals surface area contributed by atoms with Crippen molar-refractivity contribution in [1.82, 2.24) is 9.97 Å². The summed E-state index contributed by atoms with van der Waals surface area (Å²) >= 11 is 0. The van der Waals surface area contributed by atoms with E-state index in [0.29, 0.717) is 29.0 Å². The Bertz CT molecular complexity index is 1140. The summed E-state index contributed by atoms with van der Waals surface area (Å²) in [5.74, 6) is 4.64. The van der Waals surface area contributed by atoms with Crippen molar-refractivity contribution in [3.05, 3.63) is 52.3 Å². The molecule has 0 unspecified atom stereocenters. The Hall–Kier alpha value is -4.05. The molecular formula is C19H19N5O5. The summed E-state index contributed by atoms with van der Waals surface area (Å²) in [5.41, 5.74) is 8.72. The average molecular weight is 397 g/mol.